The molecule has 0 unspecified atom stereocenters. The molecular weight excluding hydrogens is 376 g/mol. The van der Waals surface area contributed by atoms with Crippen molar-refractivity contribution < 1.29 is 9.47 Å². The van der Waals surface area contributed by atoms with Gasteiger partial charge in [0.15, 0.2) is 5.17 Å². The van der Waals surface area contributed by atoms with Gasteiger partial charge in [-0.15, -0.1) is 0 Å². The Bertz CT molecular complexity index is 639. The fourth-order valence-electron chi connectivity index (χ4n) is 3.49. The number of nitrogens with two attached hydrogens (primary N) is 1. The highest BCUT2D eigenvalue weighted by Gasteiger charge is 2.46. The minimum absolute atomic E-state index is 0.146. The molecule has 4 nitrogen and oxygen atoms in total. The third-order valence-electron chi connectivity index (χ3n) is 4.63. The molecule has 0 atom stereocenters. The second kappa shape index (κ2) is 6.87. The number of rotatable bonds is 3. The summed E-state index contributed by atoms with van der Waals surface area (Å²) in [6.45, 7) is 0. The second-order valence-corrected chi connectivity index (χ2v) is 7.94. The molecule has 1 aromatic rings. The van der Waals surface area contributed by atoms with Crippen LogP contribution in [0.1, 0.15) is 31.2 Å². The van der Waals surface area contributed by atoms with Crippen molar-refractivity contribution in [2.45, 2.75) is 37.4 Å². The summed E-state index contributed by atoms with van der Waals surface area (Å²) >= 11 is 4.90. The number of amidine groups is 1. The summed E-state index contributed by atoms with van der Waals surface area (Å²) in [6, 6.07) is 6.17. The van der Waals surface area contributed by atoms with Crippen molar-refractivity contribution in [1.82, 2.24) is 0 Å². The second-order valence-electron chi connectivity index (χ2n) is 5.96. The molecule has 1 spiro atoms. The summed E-state index contributed by atoms with van der Waals surface area (Å²) in [7, 11) is 1.78. The van der Waals surface area contributed by atoms with Crippen LogP contribution in [0.25, 0.3) is 5.57 Å². The maximum Gasteiger partial charge on any atom is 0.151 e. The molecule has 3 N–H and O–H groups in total. The first-order valence-corrected chi connectivity index (χ1v) is 9.51. The first kappa shape index (κ1) is 16.9. The number of thioether (sulfide) groups is 1. The van der Waals surface area contributed by atoms with Crippen molar-refractivity contribution in [3.05, 3.63) is 34.3 Å². The fourth-order valence-corrected chi connectivity index (χ4v) is 4.28. The average molecular weight is 397 g/mol. The normalized spacial score (nSPS) is 27.9. The van der Waals surface area contributed by atoms with Crippen LogP contribution >= 0.6 is 27.7 Å². The number of benzene rings is 1. The number of hydrogen-bond donors (Lipinski definition) is 2. The van der Waals surface area contributed by atoms with Gasteiger partial charge in [-0.2, -0.15) is 0 Å². The van der Waals surface area contributed by atoms with Crippen LogP contribution in [0.5, 0.6) is 5.75 Å². The lowest BCUT2D eigenvalue weighted by Crippen LogP contribution is -2.39. The smallest absolute Gasteiger partial charge is 0.151 e. The topological polar surface area (TPSA) is 68.3 Å². The molecule has 0 amide bonds. The molecule has 23 heavy (non-hydrogen) atoms. The summed E-state index contributed by atoms with van der Waals surface area (Å²) in [5.74, 6) is 1.64. The van der Waals surface area contributed by atoms with Crippen LogP contribution in [0.15, 0.2) is 28.7 Å². The molecule has 1 heterocycles. The van der Waals surface area contributed by atoms with Gasteiger partial charge < -0.3 is 15.2 Å². The number of hydrogen-bond acceptors (Lipinski definition) is 4. The SMILES string of the molecule is COC1CCC2(CC1)Oc1ccc(Br)cc1/C2=C/CSC(=N)N. The molecule has 0 aromatic heterocycles. The average Bonchev–Trinajstić information content (AvgIpc) is 2.81. The Morgan fingerprint density at radius 1 is 1.52 bits per heavy atom. The minimum Gasteiger partial charge on any atom is -0.482 e. The zero-order valence-electron chi connectivity index (χ0n) is 13.1. The highest BCUT2D eigenvalue weighted by atomic mass is 79.9. The highest BCUT2D eigenvalue weighted by molar-refractivity contribution is 9.10. The van der Waals surface area contributed by atoms with Crippen molar-refractivity contribution in [3.63, 3.8) is 0 Å². The lowest BCUT2D eigenvalue weighted by atomic mass is 9.77. The molecule has 124 valence electrons. The van der Waals surface area contributed by atoms with E-state index in [4.69, 9.17) is 20.6 Å². The van der Waals surface area contributed by atoms with Crippen molar-refractivity contribution in [3.8, 4) is 5.75 Å². The van der Waals surface area contributed by atoms with E-state index in [-0.39, 0.29) is 10.8 Å². The van der Waals surface area contributed by atoms with Gasteiger partial charge in [0.25, 0.3) is 0 Å². The van der Waals surface area contributed by atoms with Crippen LogP contribution in [0.4, 0.5) is 0 Å². The van der Waals surface area contributed by atoms with Gasteiger partial charge >= 0.3 is 0 Å². The molecule has 1 fully saturated rings. The van der Waals surface area contributed by atoms with E-state index in [1.165, 1.54) is 17.3 Å². The molecule has 2 aliphatic rings. The molecule has 6 heteroatoms. The van der Waals surface area contributed by atoms with Gasteiger partial charge in [-0.05, 0) is 43.9 Å². The van der Waals surface area contributed by atoms with E-state index < -0.39 is 0 Å². The maximum atomic E-state index is 7.39. The molecule has 3 rings (SSSR count). The summed E-state index contributed by atoms with van der Waals surface area (Å²) in [5, 5.41) is 7.54. The number of ether oxygens (including phenoxy) is 2. The lowest BCUT2D eigenvalue weighted by Gasteiger charge is -2.37. The van der Waals surface area contributed by atoms with Gasteiger partial charge in [0, 0.05) is 28.5 Å². The van der Waals surface area contributed by atoms with Crippen LogP contribution in [0, 0.1) is 5.41 Å². The monoisotopic (exact) mass is 396 g/mol. The van der Waals surface area contributed by atoms with Gasteiger partial charge in [0.05, 0.1) is 6.10 Å². The Balaban J connectivity index is 1.91. The molecule has 1 aliphatic heterocycles. The van der Waals surface area contributed by atoms with Crippen molar-refractivity contribution >= 4 is 38.4 Å². The predicted octanol–water partition coefficient (Wildman–Crippen LogP) is 4.18. The van der Waals surface area contributed by atoms with Crippen LogP contribution in [-0.4, -0.2) is 29.7 Å². The Morgan fingerprint density at radius 2 is 2.26 bits per heavy atom. The number of methoxy groups -OCH3 is 1. The van der Waals surface area contributed by atoms with E-state index in [1.54, 1.807) is 7.11 Å². The minimum atomic E-state index is -0.254. The van der Waals surface area contributed by atoms with Crippen LogP contribution in [-0.2, 0) is 4.74 Å². The van der Waals surface area contributed by atoms with Crippen molar-refractivity contribution in [2.24, 2.45) is 5.73 Å². The Morgan fingerprint density at radius 3 is 2.91 bits per heavy atom. The van der Waals surface area contributed by atoms with Gasteiger partial charge in [-0.25, -0.2) is 0 Å². The quantitative estimate of drug-likeness (QED) is 0.593. The molecule has 0 saturated heterocycles. The predicted molar refractivity (Wildman–Crippen MR) is 99.1 cm³/mol. The van der Waals surface area contributed by atoms with E-state index >= 15 is 0 Å². The Kier molecular flexibility index (Phi) is 5.04. The maximum absolute atomic E-state index is 7.39. The van der Waals surface area contributed by atoms with Crippen LogP contribution < -0.4 is 10.5 Å². The van der Waals surface area contributed by atoms with E-state index in [0.717, 1.165) is 41.5 Å². The number of fused-ring (bicyclic) bond motifs is 1. The van der Waals surface area contributed by atoms with Crippen LogP contribution in [0.2, 0.25) is 0 Å². The Hall–Kier alpha value is -0.980. The van der Waals surface area contributed by atoms with Gasteiger partial charge in [0.2, 0.25) is 0 Å². The standard InChI is InChI=1S/C17H21BrN2O2S/c1-21-12-4-7-17(8-5-12)14(6-9-23-16(19)20)13-10-11(18)2-3-15(13)22-17/h2-3,6,10,12H,4-5,7-9H2,1H3,(H3,19,20)/b14-6-. The summed E-state index contributed by atoms with van der Waals surface area (Å²) in [5.41, 5.74) is 7.60. The van der Waals surface area contributed by atoms with E-state index in [0.29, 0.717) is 11.9 Å². The fraction of sp³-hybridized carbons (Fsp3) is 0.471. The highest BCUT2D eigenvalue weighted by Crippen LogP contribution is 2.51. The summed E-state index contributed by atoms with van der Waals surface area (Å²) in [4.78, 5) is 0. The summed E-state index contributed by atoms with van der Waals surface area (Å²) in [6.07, 6.45) is 6.42. The zero-order chi connectivity index (χ0) is 16.4. The third-order valence-corrected chi connectivity index (χ3v) is 5.77. The summed E-state index contributed by atoms with van der Waals surface area (Å²) < 4.78 is 13.0. The van der Waals surface area contributed by atoms with Crippen LogP contribution in [0.3, 0.4) is 0 Å². The molecule has 1 saturated carbocycles. The first-order chi connectivity index (χ1) is 11.0. The molecular formula is C17H21BrN2O2S. The van der Waals surface area contributed by atoms with Gasteiger partial charge in [-0.1, -0.05) is 33.8 Å². The number of nitrogens with one attached hydrogen (secondary N) is 1. The lowest BCUT2D eigenvalue weighted by molar-refractivity contribution is 0.0105. The molecule has 1 aromatic carbocycles. The molecule has 1 aliphatic carbocycles. The van der Waals surface area contributed by atoms with E-state index in [2.05, 4.69) is 28.1 Å². The third kappa shape index (κ3) is 3.44. The molecule has 0 radical (unpaired) electrons. The van der Waals surface area contributed by atoms with Gasteiger partial charge in [-0.3, -0.25) is 5.41 Å². The van der Waals surface area contributed by atoms with Gasteiger partial charge in [0.1, 0.15) is 11.4 Å². The van der Waals surface area contributed by atoms with Crippen molar-refractivity contribution in [1.29, 1.82) is 5.41 Å². The van der Waals surface area contributed by atoms with E-state index in [1.807, 2.05) is 12.1 Å². The molecule has 0 bridgehead atoms. The largest absolute Gasteiger partial charge is 0.482 e. The first-order valence-electron chi connectivity index (χ1n) is 7.73. The Labute approximate surface area is 149 Å². The van der Waals surface area contributed by atoms with Crippen molar-refractivity contribution in [2.75, 3.05) is 12.9 Å². The van der Waals surface area contributed by atoms with E-state index in [9.17, 15) is 0 Å². The number of halogens is 1. The zero-order valence-corrected chi connectivity index (χ0v) is 15.5.